The fourth-order valence-corrected chi connectivity index (χ4v) is 5.15. The number of amides is 1. The molecule has 1 atom stereocenters. The first-order valence-electron chi connectivity index (χ1n) is 10.9. The lowest BCUT2D eigenvalue weighted by Gasteiger charge is -2.38. The van der Waals surface area contributed by atoms with E-state index in [-0.39, 0.29) is 6.04 Å². The van der Waals surface area contributed by atoms with Gasteiger partial charge in [0.05, 0.1) is 21.5 Å². The number of hydrogen-bond acceptors (Lipinski definition) is 5. The molecule has 0 saturated carbocycles. The van der Waals surface area contributed by atoms with Gasteiger partial charge < -0.3 is 15.4 Å². The van der Waals surface area contributed by atoms with E-state index in [1.54, 1.807) is 6.08 Å². The zero-order valence-electron chi connectivity index (χ0n) is 19.4. The van der Waals surface area contributed by atoms with Crippen LogP contribution in [0.25, 0.3) is 33.1 Å². The number of fused-ring (bicyclic) bond motifs is 2. The molecule has 4 aromatic rings. The van der Waals surface area contributed by atoms with E-state index in [1.807, 2.05) is 55.8 Å². The summed E-state index contributed by atoms with van der Waals surface area (Å²) in [7, 11) is 0. The van der Waals surface area contributed by atoms with Gasteiger partial charge in [0.25, 0.3) is 0 Å². The molecule has 0 aliphatic heterocycles. The maximum atomic E-state index is 12.0. The van der Waals surface area contributed by atoms with E-state index < -0.39 is 11.6 Å². The van der Waals surface area contributed by atoms with Gasteiger partial charge in [-0.05, 0) is 55.3 Å². The number of carbonyl (C=O) groups is 1. The van der Waals surface area contributed by atoms with Gasteiger partial charge in [-0.3, -0.25) is 9.88 Å². The Hall–Kier alpha value is -3.46. The number of pyridine rings is 1. The quantitative estimate of drug-likeness (QED) is 0.313. The Balaban J connectivity index is 1.80. The van der Waals surface area contributed by atoms with Crippen molar-refractivity contribution in [3.63, 3.8) is 0 Å². The molecule has 3 aromatic heterocycles. The summed E-state index contributed by atoms with van der Waals surface area (Å²) >= 11 is 3.76. The predicted octanol–water partition coefficient (Wildman–Crippen LogP) is 5.71. The van der Waals surface area contributed by atoms with Crippen molar-refractivity contribution >= 4 is 49.8 Å². The lowest BCUT2D eigenvalue weighted by molar-refractivity contribution is 0.0797. The number of hydrogen-bond donors (Lipinski definition) is 2. The Kier molecular flexibility index (Phi) is 6.31. The normalized spacial score (nSPS) is 12.7. The van der Waals surface area contributed by atoms with Crippen molar-refractivity contribution in [3.8, 4) is 11.1 Å². The zero-order valence-corrected chi connectivity index (χ0v) is 21.0. The van der Waals surface area contributed by atoms with E-state index in [4.69, 9.17) is 5.73 Å². The average molecular weight is 523 g/mol. The first kappa shape index (κ1) is 23.7. The van der Waals surface area contributed by atoms with Crippen molar-refractivity contribution in [2.45, 2.75) is 45.3 Å². The SMILES string of the molecule is C=CC(CCn1c(Br)c(-c2cnc3ccccc3c2)c2c(N)ncnc21)N(C(=O)O)C(C)(C)C. The summed E-state index contributed by atoms with van der Waals surface area (Å²) in [6.07, 6.45) is 4.46. The number of para-hydroxylation sites is 1. The lowest BCUT2D eigenvalue weighted by Crippen LogP contribution is -2.50. The topological polar surface area (TPSA) is 110 Å². The van der Waals surface area contributed by atoms with Crippen LogP contribution in [0, 0.1) is 0 Å². The molecule has 8 nitrogen and oxygen atoms in total. The third kappa shape index (κ3) is 4.23. The van der Waals surface area contributed by atoms with Crippen molar-refractivity contribution in [2.75, 3.05) is 5.73 Å². The first-order valence-corrected chi connectivity index (χ1v) is 11.7. The highest BCUT2D eigenvalue weighted by atomic mass is 79.9. The predicted molar refractivity (Wildman–Crippen MR) is 139 cm³/mol. The van der Waals surface area contributed by atoms with Gasteiger partial charge in [-0.2, -0.15) is 0 Å². The number of anilines is 1. The number of aryl methyl sites for hydroxylation is 1. The fraction of sp³-hybridized carbons (Fsp3) is 0.280. The van der Waals surface area contributed by atoms with Gasteiger partial charge in [-0.25, -0.2) is 14.8 Å². The summed E-state index contributed by atoms with van der Waals surface area (Å²) in [6.45, 7) is 10.00. The molecule has 0 saturated heterocycles. The largest absolute Gasteiger partial charge is 0.465 e. The molecule has 0 radical (unpaired) electrons. The van der Waals surface area contributed by atoms with Crippen LogP contribution in [-0.2, 0) is 6.54 Å². The number of rotatable bonds is 6. The van der Waals surface area contributed by atoms with E-state index in [9.17, 15) is 9.90 Å². The van der Waals surface area contributed by atoms with Gasteiger partial charge in [0, 0.05) is 34.8 Å². The van der Waals surface area contributed by atoms with E-state index in [2.05, 4.69) is 43.5 Å². The van der Waals surface area contributed by atoms with Crippen LogP contribution in [0.15, 0.2) is 60.1 Å². The van der Waals surface area contributed by atoms with Gasteiger partial charge in [-0.15, -0.1) is 6.58 Å². The number of aromatic nitrogens is 4. The molecule has 0 aliphatic carbocycles. The van der Waals surface area contributed by atoms with Gasteiger partial charge >= 0.3 is 6.09 Å². The molecule has 9 heteroatoms. The minimum Gasteiger partial charge on any atom is -0.465 e. The molecule has 0 bridgehead atoms. The maximum Gasteiger partial charge on any atom is 0.408 e. The molecule has 34 heavy (non-hydrogen) atoms. The van der Waals surface area contributed by atoms with Gasteiger partial charge in [0.1, 0.15) is 17.8 Å². The number of nitrogens with zero attached hydrogens (tertiary/aromatic N) is 5. The summed E-state index contributed by atoms with van der Waals surface area (Å²) in [5, 5.41) is 11.6. The Labute approximate surface area is 206 Å². The van der Waals surface area contributed by atoms with Crippen molar-refractivity contribution in [2.24, 2.45) is 0 Å². The molecule has 1 unspecified atom stereocenters. The molecule has 0 spiro atoms. The number of benzene rings is 1. The van der Waals surface area contributed by atoms with Crippen molar-refractivity contribution in [3.05, 3.63) is 60.1 Å². The maximum absolute atomic E-state index is 12.0. The first-order chi connectivity index (χ1) is 16.1. The van der Waals surface area contributed by atoms with Crippen LogP contribution in [0.5, 0.6) is 0 Å². The number of nitrogen functional groups attached to an aromatic ring is 1. The molecular formula is C25H27BrN6O2. The molecular weight excluding hydrogens is 496 g/mol. The fourth-order valence-electron chi connectivity index (χ4n) is 4.38. The highest BCUT2D eigenvalue weighted by Gasteiger charge is 2.32. The Morgan fingerprint density at radius 3 is 2.71 bits per heavy atom. The van der Waals surface area contributed by atoms with Crippen LogP contribution in [0.3, 0.4) is 0 Å². The van der Waals surface area contributed by atoms with Gasteiger partial charge in [0.2, 0.25) is 0 Å². The van der Waals surface area contributed by atoms with E-state index in [1.165, 1.54) is 11.2 Å². The second-order valence-electron chi connectivity index (χ2n) is 9.11. The molecule has 3 N–H and O–H groups in total. The number of halogens is 1. The van der Waals surface area contributed by atoms with Crippen LogP contribution in [0.2, 0.25) is 0 Å². The van der Waals surface area contributed by atoms with Crippen LogP contribution < -0.4 is 5.73 Å². The van der Waals surface area contributed by atoms with Crippen molar-refractivity contribution < 1.29 is 9.90 Å². The van der Waals surface area contributed by atoms with Crippen LogP contribution in [0.1, 0.15) is 27.2 Å². The highest BCUT2D eigenvalue weighted by Crippen LogP contribution is 2.40. The zero-order chi connectivity index (χ0) is 24.6. The smallest absolute Gasteiger partial charge is 0.408 e. The summed E-state index contributed by atoms with van der Waals surface area (Å²) in [6, 6.07) is 9.59. The Morgan fingerprint density at radius 2 is 2.03 bits per heavy atom. The second kappa shape index (κ2) is 9.06. The van der Waals surface area contributed by atoms with Gasteiger partial charge in [0.15, 0.2) is 0 Å². The second-order valence-corrected chi connectivity index (χ2v) is 9.86. The molecule has 176 valence electrons. The summed E-state index contributed by atoms with van der Waals surface area (Å²) < 4.78 is 2.78. The van der Waals surface area contributed by atoms with Crippen molar-refractivity contribution in [1.82, 2.24) is 24.4 Å². The Bertz CT molecular complexity index is 1390. The van der Waals surface area contributed by atoms with Gasteiger partial charge in [-0.1, -0.05) is 24.3 Å². The molecule has 0 aliphatic rings. The third-order valence-corrected chi connectivity index (χ3v) is 6.69. The summed E-state index contributed by atoms with van der Waals surface area (Å²) in [5.41, 5.74) is 9.05. The lowest BCUT2D eigenvalue weighted by atomic mass is 10.0. The molecule has 0 fully saturated rings. The Morgan fingerprint density at radius 1 is 1.29 bits per heavy atom. The number of carboxylic acid groups (broad SMARTS) is 1. The van der Waals surface area contributed by atoms with Crippen LogP contribution in [0.4, 0.5) is 10.6 Å². The standard InChI is InChI=1S/C25H27BrN6O2/c1-5-17(32(24(33)34)25(2,3)4)10-11-31-21(26)19(20-22(27)29-14-30-23(20)31)16-12-15-8-6-7-9-18(15)28-13-16/h5-9,12-14,17H,1,10-11H2,2-4H3,(H,33,34)(H2,27,29,30). The third-order valence-electron chi connectivity index (χ3n) is 5.87. The number of nitrogens with two attached hydrogens (primary N) is 1. The minimum atomic E-state index is -0.983. The molecule has 1 aromatic carbocycles. The molecule has 1 amide bonds. The van der Waals surface area contributed by atoms with Crippen LogP contribution in [-0.4, -0.2) is 47.2 Å². The molecule has 4 rings (SSSR count). The van der Waals surface area contributed by atoms with Crippen molar-refractivity contribution in [1.29, 1.82) is 0 Å². The summed E-state index contributed by atoms with van der Waals surface area (Å²) in [5.74, 6) is 0.370. The van der Waals surface area contributed by atoms with E-state index in [0.717, 1.165) is 32.0 Å². The van der Waals surface area contributed by atoms with Crippen LogP contribution >= 0.6 is 15.9 Å². The monoisotopic (exact) mass is 522 g/mol. The molecule has 3 heterocycles. The van der Waals surface area contributed by atoms with E-state index in [0.29, 0.717) is 24.4 Å². The summed E-state index contributed by atoms with van der Waals surface area (Å²) in [4.78, 5) is 26.8. The minimum absolute atomic E-state index is 0.370. The highest BCUT2D eigenvalue weighted by molar-refractivity contribution is 9.10. The van der Waals surface area contributed by atoms with E-state index >= 15 is 0 Å². The average Bonchev–Trinajstić information content (AvgIpc) is 3.07.